The molecule has 0 radical (unpaired) electrons. The average molecular weight is 291 g/mol. The maximum absolute atomic E-state index is 13.9. The molecule has 0 heterocycles. The van der Waals surface area contributed by atoms with Gasteiger partial charge in [0.2, 0.25) is 5.78 Å². The number of phenols is 1. The molecule has 1 amide bonds. The lowest BCUT2D eigenvalue weighted by Crippen LogP contribution is -2.42. The van der Waals surface area contributed by atoms with Crippen molar-refractivity contribution in [1.29, 1.82) is 0 Å². The minimum Gasteiger partial charge on any atom is -0.507 e. The Morgan fingerprint density at radius 3 is 2.14 bits per heavy atom. The number of aromatic hydroxyl groups is 1. The van der Waals surface area contributed by atoms with Crippen LogP contribution in [0.3, 0.4) is 0 Å². The molecule has 6 heteroatoms. The molecule has 2 rings (SSSR count). The second kappa shape index (κ2) is 5.70. The standard InChI is InChI=1S/C15H11F2NO3/c16-15(17,13(20)11-8-4-5-9-12(11)19)14(21)18-10-6-2-1-3-7-10/h1-9,19H,(H,18,21). The number of rotatable bonds is 4. The Balaban J connectivity index is 2.23. The monoisotopic (exact) mass is 291 g/mol. The van der Waals surface area contributed by atoms with E-state index in [1.807, 2.05) is 5.32 Å². The third kappa shape index (κ3) is 3.05. The van der Waals surface area contributed by atoms with Crippen LogP contribution in [0, 0.1) is 0 Å². The van der Waals surface area contributed by atoms with Crippen molar-refractivity contribution in [2.45, 2.75) is 5.92 Å². The van der Waals surface area contributed by atoms with Gasteiger partial charge in [-0.2, -0.15) is 8.78 Å². The Morgan fingerprint density at radius 1 is 0.952 bits per heavy atom. The van der Waals surface area contributed by atoms with E-state index in [0.717, 1.165) is 12.1 Å². The number of carbonyl (C=O) groups is 2. The molecule has 0 aliphatic carbocycles. The van der Waals surface area contributed by atoms with Crippen LogP contribution in [-0.4, -0.2) is 22.7 Å². The van der Waals surface area contributed by atoms with E-state index in [2.05, 4.69) is 0 Å². The zero-order valence-corrected chi connectivity index (χ0v) is 10.7. The van der Waals surface area contributed by atoms with Gasteiger partial charge in [-0.3, -0.25) is 9.59 Å². The molecule has 0 bridgehead atoms. The number of anilines is 1. The Morgan fingerprint density at radius 2 is 1.52 bits per heavy atom. The molecule has 0 aromatic heterocycles. The van der Waals surface area contributed by atoms with Crippen LogP contribution in [0.25, 0.3) is 0 Å². The summed E-state index contributed by atoms with van der Waals surface area (Å²) in [7, 11) is 0. The number of hydrogen-bond donors (Lipinski definition) is 2. The molecule has 2 N–H and O–H groups in total. The zero-order valence-electron chi connectivity index (χ0n) is 10.7. The topological polar surface area (TPSA) is 66.4 Å². The largest absolute Gasteiger partial charge is 0.507 e. The lowest BCUT2D eigenvalue weighted by atomic mass is 10.0. The number of Topliss-reactive ketones (excluding diaryl/α,β-unsaturated/α-hetero) is 1. The van der Waals surface area contributed by atoms with Gasteiger partial charge in [0, 0.05) is 5.69 Å². The molecule has 0 saturated heterocycles. The van der Waals surface area contributed by atoms with Gasteiger partial charge < -0.3 is 10.4 Å². The van der Waals surface area contributed by atoms with Crippen molar-refractivity contribution in [3.8, 4) is 5.75 Å². The van der Waals surface area contributed by atoms with Gasteiger partial charge in [0.1, 0.15) is 5.75 Å². The third-order valence-corrected chi connectivity index (χ3v) is 2.75. The van der Waals surface area contributed by atoms with Crippen LogP contribution >= 0.6 is 0 Å². The first-order valence-electron chi connectivity index (χ1n) is 6.00. The third-order valence-electron chi connectivity index (χ3n) is 2.75. The fourth-order valence-electron chi connectivity index (χ4n) is 1.67. The Kier molecular flexibility index (Phi) is 3.98. The number of ketones is 1. The van der Waals surface area contributed by atoms with E-state index in [9.17, 15) is 23.5 Å². The summed E-state index contributed by atoms with van der Waals surface area (Å²) in [6.07, 6.45) is 0. The SMILES string of the molecule is O=C(Nc1ccccc1)C(F)(F)C(=O)c1ccccc1O. The first-order valence-corrected chi connectivity index (χ1v) is 6.00. The first kappa shape index (κ1) is 14.6. The predicted molar refractivity (Wildman–Crippen MR) is 72.5 cm³/mol. The van der Waals surface area contributed by atoms with Crippen LogP contribution in [-0.2, 0) is 4.79 Å². The number of nitrogens with one attached hydrogen (secondary N) is 1. The number of halogens is 2. The molecule has 0 unspecified atom stereocenters. The van der Waals surface area contributed by atoms with Gasteiger partial charge in [0.05, 0.1) is 5.56 Å². The lowest BCUT2D eigenvalue weighted by Gasteiger charge is -2.15. The van der Waals surface area contributed by atoms with E-state index in [1.165, 1.54) is 24.3 Å². The first-order chi connectivity index (χ1) is 9.93. The summed E-state index contributed by atoms with van der Waals surface area (Å²) in [6, 6.07) is 12.4. The molecule has 0 spiro atoms. The summed E-state index contributed by atoms with van der Waals surface area (Å²) in [4.78, 5) is 23.3. The molecule has 2 aromatic rings. The smallest absolute Gasteiger partial charge is 0.386 e. The summed E-state index contributed by atoms with van der Waals surface area (Å²) in [5, 5.41) is 11.4. The predicted octanol–water partition coefficient (Wildman–Crippen LogP) is 2.85. The van der Waals surface area contributed by atoms with E-state index in [0.29, 0.717) is 0 Å². The van der Waals surface area contributed by atoms with Gasteiger partial charge in [-0.1, -0.05) is 30.3 Å². The summed E-state index contributed by atoms with van der Waals surface area (Å²) in [6.45, 7) is 0. The highest BCUT2D eigenvalue weighted by Gasteiger charge is 2.48. The second-order valence-corrected chi connectivity index (χ2v) is 4.24. The van der Waals surface area contributed by atoms with E-state index in [1.54, 1.807) is 18.2 Å². The molecule has 0 atom stereocenters. The molecule has 0 fully saturated rings. The molecule has 2 aromatic carbocycles. The van der Waals surface area contributed by atoms with Crippen molar-refractivity contribution in [2.75, 3.05) is 5.32 Å². The summed E-state index contributed by atoms with van der Waals surface area (Å²) >= 11 is 0. The highest BCUT2D eigenvalue weighted by atomic mass is 19.3. The van der Waals surface area contributed by atoms with Gasteiger partial charge in [0.25, 0.3) is 0 Å². The van der Waals surface area contributed by atoms with Gasteiger partial charge in [-0.05, 0) is 24.3 Å². The molecular formula is C15H11F2NO3. The minimum absolute atomic E-state index is 0.146. The molecule has 21 heavy (non-hydrogen) atoms. The molecule has 0 aliphatic rings. The number of phenolic OH excluding ortho intramolecular Hbond substituents is 1. The Hall–Kier alpha value is -2.76. The number of alkyl halides is 2. The van der Waals surface area contributed by atoms with E-state index < -0.39 is 28.9 Å². The maximum Gasteiger partial charge on any atom is 0.386 e. The quantitative estimate of drug-likeness (QED) is 0.672. The van der Waals surface area contributed by atoms with Crippen LogP contribution in [0.5, 0.6) is 5.75 Å². The van der Waals surface area contributed by atoms with Crippen LogP contribution in [0.15, 0.2) is 54.6 Å². The van der Waals surface area contributed by atoms with Gasteiger partial charge in [0.15, 0.2) is 0 Å². The summed E-state index contributed by atoms with van der Waals surface area (Å²) in [5.41, 5.74) is -0.460. The van der Waals surface area contributed by atoms with Gasteiger partial charge in [-0.25, -0.2) is 0 Å². The number of benzene rings is 2. The number of hydrogen-bond acceptors (Lipinski definition) is 3. The van der Waals surface area contributed by atoms with Crippen LogP contribution in [0.4, 0.5) is 14.5 Å². The van der Waals surface area contributed by atoms with Crippen LogP contribution < -0.4 is 5.32 Å². The zero-order chi connectivity index (χ0) is 15.5. The fourth-order valence-corrected chi connectivity index (χ4v) is 1.67. The molecule has 4 nitrogen and oxygen atoms in total. The van der Waals surface area contributed by atoms with E-state index >= 15 is 0 Å². The van der Waals surface area contributed by atoms with E-state index in [-0.39, 0.29) is 5.69 Å². The Labute approximate surface area is 119 Å². The van der Waals surface area contributed by atoms with Crippen LogP contribution in [0.1, 0.15) is 10.4 Å². The number of carbonyl (C=O) groups excluding carboxylic acids is 2. The highest BCUT2D eigenvalue weighted by Crippen LogP contribution is 2.27. The summed E-state index contributed by atoms with van der Waals surface area (Å²) in [5.74, 6) is -8.39. The molecular weight excluding hydrogens is 280 g/mol. The molecule has 108 valence electrons. The van der Waals surface area contributed by atoms with Crippen molar-refractivity contribution in [2.24, 2.45) is 0 Å². The average Bonchev–Trinajstić information content (AvgIpc) is 2.48. The fraction of sp³-hybridized carbons (Fsp3) is 0.0667. The minimum atomic E-state index is -4.28. The Bertz CT molecular complexity index is 672. The van der Waals surface area contributed by atoms with Crippen molar-refractivity contribution in [3.05, 3.63) is 60.2 Å². The molecule has 0 aliphatic heterocycles. The second-order valence-electron chi connectivity index (χ2n) is 4.24. The summed E-state index contributed by atoms with van der Waals surface area (Å²) < 4.78 is 27.8. The number of amides is 1. The van der Waals surface area contributed by atoms with Crippen LogP contribution in [0.2, 0.25) is 0 Å². The van der Waals surface area contributed by atoms with Crippen molar-refractivity contribution in [1.82, 2.24) is 0 Å². The van der Waals surface area contributed by atoms with Crippen molar-refractivity contribution >= 4 is 17.4 Å². The van der Waals surface area contributed by atoms with Crippen molar-refractivity contribution < 1.29 is 23.5 Å². The van der Waals surface area contributed by atoms with Gasteiger partial charge >= 0.3 is 11.8 Å². The lowest BCUT2D eigenvalue weighted by molar-refractivity contribution is -0.133. The highest BCUT2D eigenvalue weighted by molar-refractivity contribution is 6.19. The maximum atomic E-state index is 13.9. The number of para-hydroxylation sites is 2. The normalized spacial score (nSPS) is 11.0. The van der Waals surface area contributed by atoms with Gasteiger partial charge in [-0.15, -0.1) is 0 Å². The van der Waals surface area contributed by atoms with E-state index in [4.69, 9.17) is 0 Å². The molecule has 0 saturated carbocycles. The van der Waals surface area contributed by atoms with Crippen molar-refractivity contribution in [3.63, 3.8) is 0 Å².